The van der Waals surface area contributed by atoms with Crippen LogP contribution in [0.5, 0.6) is 11.5 Å². The summed E-state index contributed by atoms with van der Waals surface area (Å²) in [5.41, 5.74) is 8.55. The van der Waals surface area contributed by atoms with E-state index in [4.69, 9.17) is 15.2 Å². The lowest BCUT2D eigenvalue weighted by atomic mass is 10.0. The summed E-state index contributed by atoms with van der Waals surface area (Å²) in [4.78, 5) is 0. The molecule has 0 bridgehead atoms. The lowest BCUT2D eigenvalue weighted by Crippen LogP contribution is -2.25. The van der Waals surface area contributed by atoms with Crippen LogP contribution in [0.3, 0.4) is 0 Å². The van der Waals surface area contributed by atoms with E-state index >= 15 is 0 Å². The normalized spacial score (nSPS) is 12.2. The van der Waals surface area contributed by atoms with Gasteiger partial charge < -0.3 is 15.2 Å². The van der Waals surface area contributed by atoms with Gasteiger partial charge in [-0.25, -0.2) is 0 Å². The van der Waals surface area contributed by atoms with Gasteiger partial charge in [0.05, 0.1) is 20.4 Å². The lowest BCUT2D eigenvalue weighted by Gasteiger charge is -2.13. The molecule has 0 fully saturated rings. The fourth-order valence-electron chi connectivity index (χ4n) is 2.37. The minimum absolute atomic E-state index is 0.0533. The maximum Gasteiger partial charge on any atom is 0.160 e. The molecule has 0 saturated heterocycles. The van der Waals surface area contributed by atoms with Crippen molar-refractivity contribution < 1.29 is 9.47 Å². The van der Waals surface area contributed by atoms with Crippen molar-refractivity contribution in [1.29, 1.82) is 0 Å². The van der Waals surface area contributed by atoms with Gasteiger partial charge in [-0.1, -0.05) is 6.07 Å². The van der Waals surface area contributed by atoms with Gasteiger partial charge in [0.2, 0.25) is 0 Å². The van der Waals surface area contributed by atoms with Gasteiger partial charge in [-0.3, -0.25) is 4.68 Å². The zero-order valence-corrected chi connectivity index (χ0v) is 12.9. The average molecular weight is 289 g/mol. The van der Waals surface area contributed by atoms with E-state index in [1.807, 2.05) is 29.1 Å². The highest BCUT2D eigenvalue weighted by Gasteiger charge is 2.10. The standard InChI is InChI=1S/C16H23N3O2/c1-4-19-11-13(10-18-19)8-14(17)7-12-5-6-15(20-2)16(9-12)21-3/h5-6,9-11,14H,4,7-8,17H2,1-3H3. The van der Waals surface area contributed by atoms with Gasteiger partial charge in [-0.15, -0.1) is 0 Å². The minimum atomic E-state index is 0.0533. The zero-order valence-electron chi connectivity index (χ0n) is 12.9. The van der Waals surface area contributed by atoms with E-state index in [1.165, 1.54) is 5.56 Å². The Kier molecular flexibility index (Phi) is 5.22. The number of rotatable bonds is 7. The van der Waals surface area contributed by atoms with Gasteiger partial charge in [-0.05, 0) is 43.0 Å². The molecule has 5 nitrogen and oxygen atoms in total. The third-order valence-electron chi connectivity index (χ3n) is 3.45. The zero-order chi connectivity index (χ0) is 15.2. The Morgan fingerprint density at radius 1 is 1.14 bits per heavy atom. The molecule has 1 heterocycles. The molecule has 0 aliphatic carbocycles. The maximum atomic E-state index is 6.24. The van der Waals surface area contributed by atoms with E-state index < -0.39 is 0 Å². The number of ether oxygens (including phenoxy) is 2. The van der Waals surface area contributed by atoms with Crippen LogP contribution in [0.15, 0.2) is 30.6 Å². The molecule has 5 heteroatoms. The molecule has 1 aromatic heterocycles. The van der Waals surface area contributed by atoms with Crippen LogP contribution in [0.25, 0.3) is 0 Å². The summed E-state index contributed by atoms with van der Waals surface area (Å²) in [5.74, 6) is 1.47. The van der Waals surface area contributed by atoms with Crippen LogP contribution < -0.4 is 15.2 Å². The summed E-state index contributed by atoms with van der Waals surface area (Å²) in [6, 6.07) is 5.97. The molecule has 2 aromatic rings. The Balaban J connectivity index is 2.00. The molecule has 2 rings (SSSR count). The van der Waals surface area contributed by atoms with Gasteiger partial charge in [0.15, 0.2) is 11.5 Å². The van der Waals surface area contributed by atoms with Crippen molar-refractivity contribution in [3.8, 4) is 11.5 Å². The van der Waals surface area contributed by atoms with Crippen molar-refractivity contribution in [2.24, 2.45) is 5.73 Å². The molecular formula is C16H23N3O2. The summed E-state index contributed by atoms with van der Waals surface area (Å²) < 4.78 is 12.5. The highest BCUT2D eigenvalue weighted by atomic mass is 16.5. The molecular weight excluding hydrogens is 266 g/mol. The van der Waals surface area contributed by atoms with E-state index in [0.29, 0.717) is 0 Å². The summed E-state index contributed by atoms with van der Waals surface area (Å²) in [6.45, 7) is 2.95. The fourth-order valence-corrected chi connectivity index (χ4v) is 2.37. The number of aromatic nitrogens is 2. The number of nitrogens with zero attached hydrogens (tertiary/aromatic N) is 2. The third kappa shape index (κ3) is 3.98. The van der Waals surface area contributed by atoms with Crippen molar-refractivity contribution in [1.82, 2.24) is 9.78 Å². The Labute approximate surface area is 125 Å². The van der Waals surface area contributed by atoms with E-state index in [-0.39, 0.29) is 6.04 Å². The van der Waals surface area contributed by atoms with Crippen LogP contribution in [-0.2, 0) is 19.4 Å². The highest BCUT2D eigenvalue weighted by molar-refractivity contribution is 5.43. The second kappa shape index (κ2) is 7.13. The second-order valence-electron chi connectivity index (χ2n) is 5.06. The van der Waals surface area contributed by atoms with E-state index in [0.717, 1.165) is 36.4 Å². The molecule has 0 aliphatic heterocycles. The largest absolute Gasteiger partial charge is 0.493 e. The topological polar surface area (TPSA) is 62.3 Å². The first-order valence-corrected chi connectivity index (χ1v) is 7.14. The van der Waals surface area contributed by atoms with Gasteiger partial charge >= 0.3 is 0 Å². The molecule has 114 valence electrons. The van der Waals surface area contributed by atoms with Gasteiger partial charge in [0.1, 0.15) is 0 Å². The number of hydrogen-bond donors (Lipinski definition) is 1. The van der Waals surface area contributed by atoms with Crippen LogP contribution in [-0.4, -0.2) is 30.0 Å². The molecule has 1 aromatic carbocycles. The molecule has 0 spiro atoms. The predicted octanol–water partition coefficient (Wildman–Crippen LogP) is 2.03. The van der Waals surface area contributed by atoms with Gasteiger partial charge in [-0.2, -0.15) is 5.10 Å². The quantitative estimate of drug-likeness (QED) is 0.847. The summed E-state index contributed by atoms with van der Waals surface area (Å²) in [7, 11) is 3.27. The van der Waals surface area contributed by atoms with E-state index in [1.54, 1.807) is 14.2 Å². The van der Waals surface area contributed by atoms with Crippen molar-refractivity contribution in [3.05, 3.63) is 41.7 Å². The number of aryl methyl sites for hydroxylation is 1. The fraction of sp³-hybridized carbons (Fsp3) is 0.438. The van der Waals surface area contributed by atoms with Crippen LogP contribution in [0.2, 0.25) is 0 Å². The van der Waals surface area contributed by atoms with Crippen LogP contribution in [0.4, 0.5) is 0 Å². The minimum Gasteiger partial charge on any atom is -0.493 e. The first-order chi connectivity index (χ1) is 10.2. The number of nitrogens with two attached hydrogens (primary N) is 1. The van der Waals surface area contributed by atoms with Gasteiger partial charge in [0, 0.05) is 18.8 Å². The Morgan fingerprint density at radius 2 is 1.86 bits per heavy atom. The van der Waals surface area contributed by atoms with E-state index in [9.17, 15) is 0 Å². The molecule has 0 aliphatic rings. The van der Waals surface area contributed by atoms with Crippen molar-refractivity contribution in [3.63, 3.8) is 0 Å². The maximum absolute atomic E-state index is 6.24. The molecule has 0 saturated carbocycles. The van der Waals surface area contributed by atoms with Crippen LogP contribution in [0.1, 0.15) is 18.1 Å². The van der Waals surface area contributed by atoms with Crippen molar-refractivity contribution in [2.75, 3.05) is 14.2 Å². The van der Waals surface area contributed by atoms with E-state index in [2.05, 4.69) is 18.2 Å². The number of benzene rings is 1. The first kappa shape index (κ1) is 15.4. The van der Waals surface area contributed by atoms with Crippen LogP contribution >= 0.6 is 0 Å². The monoisotopic (exact) mass is 289 g/mol. The molecule has 21 heavy (non-hydrogen) atoms. The average Bonchev–Trinajstić information content (AvgIpc) is 2.94. The van der Waals surface area contributed by atoms with Crippen molar-refractivity contribution in [2.45, 2.75) is 32.4 Å². The smallest absolute Gasteiger partial charge is 0.160 e. The summed E-state index contributed by atoms with van der Waals surface area (Å²) >= 11 is 0. The Bertz CT molecular complexity index is 581. The Morgan fingerprint density at radius 3 is 2.48 bits per heavy atom. The highest BCUT2D eigenvalue weighted by Crippen LogP contribution is 2.28. The molecule has 2 N–H and O–H groups in total. The summed E-state index contributed by atoms with van der Waals surface area (Å²) in [6.07, 6.45) is 5.54. The second-order valence-corrected chi connectivity index (χ2v) is 5.06. The molecule has 0 amide bonds. The Hall–Kier alpha value is -2.01. The summed E-state index contributed by atoms with van der Waals surface area (Å²) in [5, 5.41) is 4.27. The van der Waals surface area contributed by atoms with Crippen LogP contribution in [0, 0.1) is 0 Å². The third-order valence-corrected chi connectivity index (χ3v) is 3.45. The SMILES string of the molecule is CCn1cc(CC(N)Cc2ccc(OC)c(OC)c2)cn1. The lowest BCUT2D eigenvalue weighted by molar-refractivity contribution is 0.354. The predicted molar refractivity (Wildman–Crippen MR) is 82.8 cm³/mol. The molecule has 1 unspecified atom stereocenters. The van der Waals surface area contributed by atoms with Gasteiger partial charge in [0.25, 0.3) is 0 Å². The first-order valence-electron chi connectivity index (χ1n) is 7.14. The number of hydrogen-bond acceptors (Lipinski definition) is 4. The number of methoxy groups -OCH3 is 2. The molecule has 0 radical (unpaired) electrons. The molecule has 1 atom stereocenters. The van der Waals surface area contributed by atoms with Crippen molar-refractivity contribution >= 4 is 0 Å².